The van der Waals surface area contributed by atoms with Crippen molar-refractivity contribution in [3.05, 3.63) is 37.0 Å². The molecular formula is C10H7BrCl2N2O. The molecule has 0 fully saturated rings. The Morgan fingerprint density at radius 2 is 2.00 bits per heavy atom. The molecule has 0 N–H and O–H groups in total. The van der Waals surface area contributed by atoms with E-state index in [9.17, 15) is 4.79 Å². The summed E-state index contributed by atoms with van der Waals surface area (Å²) in [4.78, 5) is 11.8. The van der Waals surface area contributed by atoms with Gasteiger partial charge in [-0.25, -0.2) is 0 Å². The van der Waals surface area contributed by atoms with Crippen LogP contribution in [0.3, 0.4) is 0 Å². The zero-order chi connectivity index (χ0) is 11.9. The quantitative estimate of drug-likeness (QED) is 0.806. The van der Waals surface area contributed by atoms with Gasteiger partial charge in [-0.1, -0.05) is 23.2 Å². The molecule has 0 unspecified atom stereocenters. The molecule has 0 amide bonds. The van der Waals surface area contributed by atoms with E-state index in [4.69, 9.17) is 23.2 Å². The Kier molecular flexibility index (Phi) is 3.24. The molecule has 0 radical (unpaired) electrons. The van der Waals surface area contributed by atoms with E-state index < -0.39 is 0 Å². The van der Waals surface area contributed by atoms with E-state index in [1.54, 1.807) is 16.8 Å². The van der Waals surface area contributed by atoms with E-state index in [0.29, 0.717) is 27.5 Å². The van der Waals surface area contributed by atoms with Gasteiger partial charge in [-0.15, -0.1) is 0 Å². The fraction of sp³-hybridized carbons (Fsp3) is 0.200. The van der Waals surface area contributed by atoms with E-state index in [-0.39, 0.29) is 10.0 Å². The normalized spacial score (nSPS) is 11.0. The highest BCUT2D eigenvalue weighted by molar-refractivity contribution is 9.10. The number of aromatic nitrogens is 2. The lowest BCUT2D eigenvalue weighted by Gasteiger charge is -2.08. The number of halogens is 3. The molecule has 2 rings (SSSR count). The molecule has 1 heterocycles. The van der Waals surface area contributed by atoms with Gasteiger partial charge in [-0.2, -0.15) is 5.10 Å². The first kappa shape index (κ1) is 11.9. The predicted molar refractivity (Wildman–Crippen MR) is 69.4 cm³/mol. The number of nitrogens with zero attached hydrogens (tertiary/aromatic N) is 2. The molecule has 0 bridgehead atoms. The van der Waals surface area contributed by atoms with Crippen LogP contribution in [0.2, 0.25) is 10.0 Å². The van der Waals surface area contributed by atoms with Crippen LogP contribution in [0, 0.1) is 0 Å². The van der Waals surface area contributed by atoms with Crippen LogP contribution < -0.4 is 5.43 Å². The van der Waals surface area contributed by atoms with E-state index in [1.807, 2.05) is 6.92 Å². The second-order valence-electron chi connectivity index (χ2n) is 3.22. The number of fused-ring (bicyclic) bond motifs is 1. The van der Waals surface area contributed by atoms with E-state index in [1.165, 1.54) is 0 Å². The molecule has 0 aliphatic carbocycles. The predicted octanol–water partition coefficient (Wildman–Crippen LogP) is 3.49. The van der Waals surface area contributed by atoms with Crippen LogP contribution in [-0.4, -0.2) is 9.78 Å². The third-order valence-corrected chi connectivity index (χ3v) is 3.50. The van der Waals surface area contributed by atoms with Crippen molar-refractivity contribution in [1.29, 1.82) is 0 Å². The first-order valence-electron chi connectivity index (χ1n) is 4.60. The molecule has 0 saturated carbocycles. The maximum atomic E-state index is 11.8. The van der Waals surface area contributed by atoms with E-state index >= 15 is 0 Å². The summed E-state index contributed by atoms with van der Waals surface area (Å²) in [6.45, 7) is 2.58. The van der Waals surface area contributed by atoms with Gasteiger partial charge < -0.3 is 0 Å². The van der Waals surface area contributed by atoms with Crippen molar-refractivity contribution in [2.24, 2.45) is 0 Å². The fourth-order valence-electron chi connectivity index (χ4n) is 1.49. The number of rotatable bonds is 1. The summed E-state index contributed by atoms with van der Waals surface area (Å²) in [6.07, 6.45) is 0. The summed E-state index contributed by atoms with van der Waals surface area (Å²) in [5.41, 5.74) is 0.503. The molecule has 1 aromatic carbocycles. The Balaban J connectivity index is 2.99. The molecule has 0 saturated heterocycles. The average molecular weight is 322 g/mol. The average Bonchev–Trinajstić information content (AvgIpc) is 2.26. The lowest BCUT2D eigenvalue weighted by molar-refractivity contribution is 0.660. The Labute approximate surface area is 110 Å². The maximum Gasteiger partial charge on any atom is 0.222 e. The van der Waals surface area contributed by atoms with Crippen molar-refractivity contribution in [1.82, 2.24) is 9.78 Å². The lowest BCUT2D eigenvalue weighted by atomic mass is 10.2. The van der Waals surface area contributed by atoms with Gasteiger partial charge in [-0.05, 0) is 35.0 Å². The summed E-state index contributed by atoms with van der Waals surface area (Å²) in [5, 5.41) is 5.41. The minimum Gasteiger partial charge on any atom is -0.286 e. The topological polar surface area (TPSA) is 34.9 Å². The third-order valence-electron chi connectivity index (χ3n) is 2.26. The highest BCUT2D eigenvalue weighted by Gasteiger charge is 2.10. The highest BCUT2D eigenvalue weighted by atomic mass is 79.9. The van der Waals surface area contributed by atoms with Crippen LogP contribution in [0.25, 0.3) is 10.9 Å². The molecule has 0 aliphatic rings. The summed E-state index contributed by atoms with van der Waals surface area (Å²) < 4.78 is 1.98. The maximum absolute atomic E-state index is 11.8. The molecule has 6 heteroatoms. The van der Waals surface area contributed by atoms with Gasteiger partial charge in [0, 0.05) is 6.54 Å². The highest BCUT2D eigenvalue weighted by Crippen LogP contribution is 2.26. The molecule has 3 nitrogen and oxygen atoms in total. The molecule has 2 aromatic rings. The standard InChI is InChI=1S/C10H7BrCl2N2O/c1-2-15-8-4-7(13)6(12)3-5(8)9(16)10(11)14-15/h3-4H,2H2,1H3. The van der Waals surface area contributed by atoms with Crippen LogP contribution in [0.15, 0.2) is 21.5 Å². The summed E-state index contributed by atoms with van der Waals surface area (Å²) >= 11 is 14.9. The van der Waals surface area contributed by atoms with Crippen molar-refractivity contribution < 1.29 is 0 Å². The van der Waals surface area contributed by atoms with Gasteiger partial charge in [0.25, 0.3) is 0 Å². The van der Waals surface area contributed by atoms with Crippen molar-refractivity contribution in [2.75, 3.05) is 0 Å². The van der Waals surface area contributed by atoms with Crippen molar-refractivity contribution in [3.8, 4) is 0 Å². The van der Waals surface area contributed by atoms with Crippen LogP contribution in [0.5, 0.6) is 0 Å². The number of benzene rings is 1. The Hall–Kier alpha value is -0.580. The zero-order valence-corrected chi connectivity index (χ0v) is 11.4. The van der Waals surface area contributed by atoms with Gasteiger partial charge in [0.1, 0.15) is 0 Å². The monoisotopic (exact) mass is 320 g/mol. The Morgan fingerprint density at radius 1 is 1.38 bits per heavy atom. The van der Waals surface area contributed by atoms with Crippen molar-refractivity contribution >= 4 is 50.0 Å². The van der Waals surface area contributed by atoms with Crippen molar-refractivity contribution in [3.63, 3.8) is 0 Å². The summed E-state index contributed by atoms with van der Waals surface area (Å²) in [5.74, 6) is 0. The molecule has 16 heavy (non-hydrogen) atoms. The first-order chi connectivity index (χ1) is 7.54. The lowest BCUT2D eigenvalue weighted by Crippen LogP contribution is -2.14. The number of aryl methyl sites for hydroxylation is 1. The minimum absolute atomic E-state index is 0.182. The van der Waals surface area contributed by atoms with Gasteiger partial charge in [-0.3, -0.25) is 9.48 Å². The van der Waals surface area contributed by atoms with Crippen LogP contribution in [0.1, 0.15) is 6.92 Å². The van der Waals surface area contributed by atoms with E-state index in [2.05, 4.69) is 21.0 Å². The minimum atomic E-state index is -0.182. The zero-order valence-electron chi connectivity index (χ0n) is 8.30. The Bertz CT molecular complexity index is 624. The molecule has 0 aliphatic heterocycles. The summed E-state index contributed by atoms with van der Waals surface area (Å²) in [6, 6.07) is 3.23. The molecule has 1 aromatic heterocycles. The number of hydrogen-bond donors (Lipinski definition) is 0. The SMILES string of the molecule is CCn1nc(Br)c(=O)c2cc(Cl)c(Cl)cc21. The molecular weight excluding hydrogens is 315 g/mol. The van der Waals surface area contributed by atoms with Gasteiger partial charge >= 0.3 is 0 Å². The van der Waals surface area contributed by atoms with Crippen LogP contribution >= 0.6 is 39.1 Å². The second kappa shape index (κ2) is 4.35. The van der Waals surface area contributed by atoms with Crippen LogP contribution in [-0.2, 0) is 6.54 Å². The van der Waals surface area contributed by atoms with Gasteiger partial charge in [0.2, 0.25) is 5.43 Å². The third kappa shape index (κ3) is 1.85. The van der Waals surface area contributed by atoms with Crippen LogP contribution in [0.4, 0.5) is 0 Å². The molecule has 0 spiro atoms. The Morgan fingerprint density at radius 3 is 2.62 bits per heavy atom. The van der Waals surface area contributed by atoms with E-state index in [0.717, 1.165) is 0 Å². The molecule has 0 atom stereocenters. The fourth-order valence-corrected chi connectivity index (χ4v) is 2.22. The van der Waals surface area contributed by atoms with Gasteiger partial charge in [0.05, 0.1) is 20.9 Å². The summed E-state index contributed by atoms with van der Waals surface area (Å²) in [7, 11) is 0. The first-order valence-corrected chi connectivity index (χ1v) is 6.15. The molecule has 84 valence electrons. The second-order valence-corrected chi connectivity index (χ2v) is 4.78. The van der Waals surface area contributed by atoms with Crippen molar-refractivity contribution in [2.45, 2.75) is 13.5 Å². The smallest absolute Gasteiger partial charge is 0.222 e. The van der Waals surface area contributed by atoms with Gasteiger partial charge in [0.15, 0.2) is 4.60 Å². The number of hydrogen-bond acceptors (Lipinski definition) is 2. The largest absolute Gasteiger partial charge is 0.286 e.